The maximum atomic E-state index is 10.1. The Labute approximate surface area is 61.2 Å². The average Bonchev–Trinajstić information content (AvgIpc) is 1.88. The van der Waals surface area contributed by atoms with Gasteiger partial charge in [0.2, 0.25) is 0 Å². The molecule has 0 aromatic heterocycles. The maximum absolute atomic E-state index is 10.1. The highest BCUT2D eigenvalue weighted by molar-refractivity contribution is 5.72. The Morgan fingerprint density at radius 2 is 2.10 bits per heavy atom. The van der Waals surface area contributed by atoms with E-state index in [1.165, 1.54) is 0 Å². The lowest BCUT2D eigenvalue weighted by atomic mass is 10.1. The molecule has 0 aliphatic rings. The molecule has 0 heterocycles. The van der Waals surface area contributed by atoms with Crippen LogP contribution >= 0.6 is 0 Å². The van der Waals surface area contributed by atoms with E-state index < -0.39 is 12.0 Å². The molecule has 0 aromatic carbocycles. The highest BCUT2D eigenvalue weighted by Crippen LogP contribution is 2.01. The molecule has 0 amide bonds. The third-order valence-electron chi connectivity index (χ3n) is 1.42. The molecule has 0 saturated heterocycles. The van der Waals surface area contributed by atoms with Crippen LogP contribution in [0, 0.1) is 0 Å². The number of hydrogen-bond acceptors (Lipinski definition) is 2. The first-order valence-corrected chi connectivity index (χ1v) is 3.65. The molecule has 0 fully saturated rings. The number of hydrogen-bond donors (Lipinski definition) is 1. The van der Waals surface area contributed by atoms with Crippen molar-refractivity contribution in [1.29, 1.82) is 0 Å². The zero-order valence-electron chi connectivity index (χ0n) is 6.30. The SMILES string of the molecule is CCCCCC(N)C([O])=O. The van der Waals surface area contributed by atoms with Crippen molar-refractivity contribution < 1.29 is 9.90 Å². The van der Waals surface area contributed by atoms with Gasteiger partial charge in [-0.2, -0.15) is 0 Å². The van der Waals surface area contributed by atoms with E-state index in [1.54, 1.807) is 0 Å². The molecule has 0 aliphatic carbocycles. The molecule has 59 valence electrons. The Hall–Kier alpha value is -0.570. The number of unbranched alkanes of at least 4 members (excludes halogenated alkanes) is 2. The summed E-state index contributed by atoms with van der Waals surface area (Å²) in [6.07, 6.45) is 3.54. The van der Waals surface area contributed by atoms with Gasteiger partial charge in [0, 0.05) is 0 Å². The van der Waals surface area contributed by atoms with Crippen LogP contribution in [0.5, 0.6) is 0 Å². The van der Waals surface area contributed by atoms with E-state index in [-0.39, 0.29) is 0 Å². The van der Waals surface area contributed by atoms with Gasteiger partial charge in [-0.05, 0) is 6.42 Å². The fourth-order valence-electron chi connectivity index (χ4n) is 0.732. The van der Waals surface area contributed by atoms with Crippen LogP contribution in [0.4, 0.5) is 0 Å². The van der Waals surface area contributed by atoms with Crippen molar-refractivity contribution in [2.24, 2.45) is 5.73 Å². The van der Waals surface area contributed by atoms with Crippen LogP contribution < -0.4 is 5.73 Å². The molecule has 1 atom stereocenters. The molecule has 1 radical (unpaired) electrons. The molecular weight excluding hydrogens is 130 g/mol. The molecular formula is C7H14NO2. The first kappa shape index (κ1) is 9.43. The van der Waals surface area contributed by atoms with E-state index in [4.69, 9.17) is 5.73 Å². The lowest BCUT2D eigenvalue weighted by molar-refractivity contribution is -0.144. The van der Waals surface area contributed by atoms with E-state index in [1.807, 2.05) is 0 Å². The molecule has 0 rings (SSSR count). The second-order valence-electron chi connectivity index (χ2n) is 2.42. The lowest BCUT2D eigenvalue weighted by Gasteiger charge is -2.01. The van der Waals surface area contributed by atoms with Gasteiger partial charge in [0.05, 0.1) is 0 Å². The zero-order chi connectivity index (χ0) is 7.98. The first-order valence-electron chi connectivity index (χ1n) is 3.65. The van der Waals surface area contributed by atoms with Crippen LogP contribution in [0.25, 0.3) is 0 Å². The molecule has 3 nitrogen and oxygen atoms in total. The van der Waals surface area contributed by atoms with E-state index in [2.05, 4.69) is 6.92 Å². The van der Waals surface area contributed by atoms with Gasteiger partial charge in [-0.1, -0.05) is 26.2 Å². The summed E-state index contributed by atoms with van der Waals surface area (Å²) in [5, 5.41) is 10.1. The van der Waals surface area contributed by atoms with Crippen molar-refractivity contribution in [3.05, 3.63) is 0 Å². The monoisotopic (exact) mass is 144 g/mol. The second kappa shape index (κ2) is 5.23. The first-order chi connectivity index (χ1) is 4.68. The third-order valence-corrected chi connectivity index (χ3v) is 1.42. The zero-order valence-corrected chi connectivity index (χ0v) is 6.30. The normalized spacial score (nSPS) is 13.0. The molecule has 2 N–H and O–H groups in total. The van der Waals surface area contributed by atoms with Gasteiger partial charge < -0.3 is 5.73 Å². The summed E-state index contributed by atoms with van der Waals surface area (Å²) >= 11 is 0. The standard InChI is InChI=1S/C7H14NO2/c1-2-3-4-5-6(8)7(9)10/h6H,2-5,8H2,1H3. The summed E-state index contributed by atoms with van der Waals surface area (Å²) in [7, 11) is 0. The quantitative estimate of drug-likeness (QED) is 0.581. The number of rotatable bonds is 5. The average molecular weight is 144 g/mol. The molecule has 0 bridgehead atoms. The van der Waals surface area contributed by atoms with Crippen LogP contribution in [0.15, 0.2) is 0 Å². The van der Waals surface area contributed by atoms with Crippen LogP contribution in [0.1, 0.15) is 32.6 Å². The smallest absolute Gasteiger partial charge is 0.318 e. The number of nitrogens with two attached hydrogens (primary N) is 1. The van der Waals surface area contributed by atoms with Crippen molar-refractivity contribution in [2.45, 2.75) is 38.6 Å². The van der Waals surface area contributed by atoms with Gasteiger partial charge in [-0.3, -0.25) is 0 Å². The van der Waals surface area contributed by atoms with Crippen molar-refractivity contribution >= 4 is 5.97 Å². The van der Waals surface area contributed by atoms with Crippen LogP contribution in [0.3, 0.4) is 0 Å². The van der Waals surface area contributed by atoms with E-state index in [9.17, 15) is 9.90 Å². The van der Waals surface area contributed by atoms with Crippen LogP contribution in [0.2, 0.25) is 0 Å². The summed E-state index contributed by atoms with van der Waals surface area (Å²) < 4.78 is 0. The minimum Gasteiger partial charge on any atom is -0.318 e. The largest absolute Gasteiger partial charge is 0.372 e. The summed E-state index contributed by atoms with van der Waals surface area (Å²) in [6, 6.07) is -0.772. The van der Waals surface area contributed by atoms with Gasteiger partial charge in [-0.25, -0.2) is 9.90 Å². The van der Waals surface area contributed by atoms with Gasteiger partial charge in [0.1, 0.15) is 6.04 Å². The summed E-state index contributed by atoms with van der Waals surface area (Å²) in [5.74, 6) is -1.14. The Morgan fingerprint density at radius 3 is 2.50 bits per heavy atom. The fourth-order valence-corrected chi connectivity index (χ4v) is 0.732. The molecule has 0 aromatic rings. The van der Waals surface area contributed by atoms with Crippen molar-refractivity contribution in [1.82, 2.24) is 0 Å². The van der Waals surface area contributed by atoms with Gasteiger partial charge in [0.15, 0.2) is 0 Å². The summed E-state index contributed by atoms with van der Waals surface area (Å²) in [6.45, 7) is 2.06. The van der Waals surface area contributed by atoms with Crippen molar-refractivity contribution in [3.63, 3.8) is 0 Å². The molecule has 3 heteroatoms. The van der Waals surface area contributed by atoms with Crippen molar-refractivity contribution in [2.75, 3.05) is 0 Å². The highest BCUT2D eigenvalue weighted by Gasteiger charge is 2.11. The Kier molecular flexibility index (Phi) is 4.94. The van der Waals surface area contributed by atoms with Gasteiger partial charge >= 0.3 is 5.97 Å². The van der Waals surface area contributed by atoms with Gasteiger partial charge in [0.25, 0.3) is 0 Å². The van der Waals surface area contributed by atoms with Crippen LogP contribution in [-0.4, -0.2) is 12.0 Å². The summed E-state index contributed by atoms with van der Waals surface area (Å²) in [5.41, 5.74) is 5.20. The minimum atomic E-state index is -1.14. The number of carbonyl (C=O) groups excluding carboxylic acids is 1. The predicted octanol–water partition coefficient (Wildman–Crippen LogP) is 0.851. The highest BCUT2D eigenvalue weighted by atomic mass is 16.4. The Balaban J connectivity index is 3.21. The molecule has 0 saturated carbocycles. The Bertz CT molecular complexity index is 104. The molecule has 1 unspecified atom stereocenters. The van der Waals surface area contributed by atoms with Crippen molar-refractivity contribution in [3.8, 4) is 0 Å². The molecule has 10 heavy (non-hydrogen) atoms. The molecule has 0 aliphatic heterocycles. The molecule has 0 spiro atoms. The summed E-state index contributed by atoms with van der Waals surface area (Å²) in [4.78, 5) is 10.1. The third kappa shape index (κ3) is 4.32. The Morgan fingerprint density at radius 1 is 1.50 bits per heavy atom. The van der Waals surface area contributed by atoms with E-state index >= 15 is 0 Å². The maximum Gasteiger partial charge on any atom is 0.372 e. The van der Waals surface area contributed by atoms with E-state index in [0.29, 0.717) is 6.42 Å². The van der Waals surface area contributed by atoms with E-state index in [0.717, 1.165) is 19.3 Å². The number of carbonyl (C=O) groups is 1. The fraction of sp³-hybridized carbons (Fsp3) is 0.857. The van der Waals surface area contributed by atoms with Crippen LogP contribution in [-0.2, 0) is 9.90 Å². The second-order valence-corrected chi connectivity index (χ2v) is 2.42. The predicted molar refractivity (Wildman–Crippen MR) is 37.8 cm³/mol. The minimum absolute atomic E-state index is 0.538. The lowest BCUT2D eigenvalue weighted by Crippen LogP contribution is -2.28. The van der Waals surface area contributed by atoms with Gasteiger partial charge in [-0.15, -0.1) is 0 Å². The topological polar surface area (TPSA) is 63.0 Å².